The summed E-state index contributed by atoms with van der Waals surface area (Å²) in [5.41, 5.74) is 1.75. The SMILES string of the molecule is CNC(=O)C(Oc1ccc(NS(=O)(=O)N2CCCCC2)c2ncccc12)[C@H](CN1CC[C@H](O)C1)c1ccccc1. The van der Waals surface area contributed by atoms with Crippen LogP contribution in [0.25, 0.3) is 10.9 Å². The summed E-state index contributed by atoms with van der Waals surface area (Å²) in [5.74, 6) is -0.170. The molecule has 0 radical (unpaired) electrons. The van der Waals surface area contributed by atoms with Gasteiger partial charge in [-0.15, -0.1) is 0 Å². The quantitative estimate of drug-likeness (QED) is 0.344. The summed E-state index contributed by atoms with van der Waals surface area (Å²) in [5, 5.41) is 13.5. The number of carbonyl (C=O) groups is 1. The van der Waals surface area contributed by atoms with Crippen LogP contribution in [0, 0.1) is 0 Å². The Labute approximate surface area is 235 Å². The van der Waals surface area contributed by atoms with Gasteiger partial charge in [-0.1, -0.05) is 36.8 Å². The van der Waals surface area contributed by atoms with Crippen LogP contribution < -0.4 is 14.8 Å². The second-order valence-corrected chi connectivity index (χ2v) is 12.1. The summed E-state index contributed by atoms with van der Waals surface area (Å²) in [6.07, 6.45) is 3.73. The zero-order valence-corrected chi connectivity index (χ0v) is 23.5. The number of ether oxygens (including phenoxy) is 1. The standard InChI is InChI=1S/C29H37N5O5S/c1-30-29(36)28(24(21-9-4-2-5-10-21)20-33-18-14-22(35)19-33)39-26-13-12-25(27-23(26)11-8-15-31-27)32-40(37,38)34-16-6-3-7-17-34/h2,4-5,8-13,15,22,24,28,32,35H,3,6-7,14,16-20H2,1H3,(H,30,36)/t22-,24+,28?/m0/s1. The summed E-state index contributed by atoms with van der Waals surface area (Å²) >= 11 is 0. The first-order valence-electron chi connectivity index (χ1n) is 13.8. The molecule has 10 nitrogen and oxygen atoms in total. The smallest absolute Gasteiger partial charge is 0.301 e. The van der Waals surface area contributed by atoms with Crippen molar-refractivity contribution in [3.63, 3.8) is 0 Å². The summed E-state index contributed by atoms with van der Waals surface area (Å²) in [7, 11) is -2.15. The monoisotopic (exact) mass is 567 g/mol. The van der Waals surface area contributed by atoms with E-state index in [1.165, 1.54) is 4.31 Å². The number of likely N-dealkylation sites (tertiary alicyclic amines) is 1. The number of nitrogens with one attached hydrogen (secondary N) is 2. The molecule has 2 saturated heterocycles. The van der Waals surface area contributed by atoms with Crippen molar-refractivity contribution in [2.24, 2.45) is 0 Å². The molecule has 0 aliphatic carbocycles. The van der Waals surface area contributed by atoms with Gasteiger partial charge < -0.3 is 15.2 Å². The van der Waals surface area contributed by atoms with Gasteiger partial charge in [-0.25, -0.2) is 0 Å². The number of rotatable bonds is 10. The normalized spacial score (nSPS) is 20.2. The minimum absolute atomic E-state index is 0.277. The lowest BCUT2D eigenvalue weighted by atomic mass is 9.91. The number of aliphatic hydroxyl groups is 1. The van der Waals surface area contributed by atoms with Crippen LogP contribution in [0.5, 0.6) is 5.75 Å². The van der Waals surface area contributed by atoms with Crippen LogP contribution in [0.15, 0.2) is 60.8 Å². The highest BCUT2D eigenvalue weighted by molar-refractivity contribution is 7.90. The van der Waals surface area contributed by atoms with E-state index in [1.54, 1.807) is 31.4 Å². The van der Waals surface area contributed by atoms with E-state index in [0.717, 1.165) is 31.4 Å². The lowest BCUT2D eigenvalue weighted by Crippen LogP contribution is -2.44. The van der Waals surface area contributed by atoms with Gasteiger partial charge in [-0.3, -0.25) is 19.4 Å². The molecule has 5 rings (SSSR count). The molecule has 2 fully saturated rings. The Balaban J connectivity index is 1.48. The third-order valence-electron chi connectivity index (χ3n) is 7.68. The molecule has 2 aliphatic heterocycles. The number of hydrogen-bond donors (Lipinski definition) is 3. The van der Waals surface area contributed by atoms with Crippen molar-refractivity contribution >= 4 is 32.7 Å². The lowest BCUT2D eigenvalue weighted by Gasteiger charge is -2.31. The van der Waals surface area contributed by atoms with Crippen LogP contribution in [-0.2, 0) is 15.0 Å². The van der Waals surface area contributed by atoms with Crippen molar-refractivity contribution in [3.8, 4) is 5.75 Å². The van der Waals surface area contributed by atoms with Gasteiger partial charge in [-0.05, 0) is 49.1 Å². The van der Waals surface area contributed by atoms with Crippen molar-refractivity contribution in [1.82, 2.24) is 19.5 Å². The van der Waals surface area contributed by atoms with Crippen LogP contribution in [0.4, 0.5) is 5.69 Å². The average Bonchev–Trinajstić information content (AvgIpc) is 3.40. The maximum Gasteiger partial charge on any atom is 0.301 e. The molecule has 0 bridgehead atoms. The van der Waals surface area contributed by atoms with Gasteiger partial charge in [0.25, 0.3) is 5.91 Å². The van der Waals surface area contributed by atoms with Gasteiger partial charge >= 0.3 is 10.2 Å². The molecule has 3 heterocycles. The highest BCUT2D eigenvalue weighted by Crippen LogP contribution is 2.34. The highest BCUT2D eigenvalue weighted by atomic mass is 32.2. The molecule has 40 heavy (non-hydrogen) atoms. The Kier molecular flexibility index (Phi) is 8.84. The lowest BCUT2D eigenvalue weighted by molar-refractivity contribution is -0.128. The summed E-state index contributed by atoms with van der Waals surface area (Å²) in [6.45, 7) is 2.80. The molecule has 2 aromatic carbocycles. The number of fused-ring (bicyclic) bond motifs is 1. The summed E-state index contributed by atoms with van der Waals surface area (Å²) in [4.78, 5) is 19.9. The van der Waals surface area contributed by atoms with Crippen LogP contribution >= 0.6 is 0 Å². The first-order valence-corrected chi connectivity index (χ1v) is 15.3. The minimum Gasteiger partial charge on any atom is -0.479 e. The van der Waals surface area contributed by atoms with Gasteiger partial charge in [0.15, 0.2) is 6.10 Å². The van der Waals surface area contributed by atoms with E-state index in [-0.39, 0.29) is 17.9 Å². The number of carbonyl (C=O) groups excluding carboxylic acids is 1. The molecular formula is C29H37N5O5S. The number of β-amino-alcohol motifs (C(OH)–C–C–N with tert-alkyl or cyclic N) is 1. The van der Waals surface area contributed by atoms with Crippen molar-refractivity contribution in [2.45, 2.75) is 43.8 Å². The number of anilines is 1. The van der Waals surface area contributed by atoms with Crippen LogP contribution in [0.3, 0.4) is 0 Å². The van der Waals surface area contributed by atoms with E-state index in [9.17, 15) is 18.3 Å². The minimum atomic E-state index is -3.74. The first kappa shape index (κ1) is 28.3. The molecule has 3 atom stereocenters. The van der Waals surface area contributed by atoms with Crippen LogP contribution in [0.2, 0.25) is 0 Å². The van der Waals surface area contributed by atoms with E-state index in [2.05, 4.69) is 19.9 Å². The second-order valence-electron chi connectivity index (χ2n) is 10.4. The molecule has 1 unspecified atom stereocenters. The Bertz CT molecular complexity index is 1410. The fraction of sp³-hybridized carbons (Fsp3) is 0.448. The number of aromatic nitrogens is 1. The predicted molar refractivity (Wildman–Crippen MR) is 154 cm³/mol. The number of nitrogens with zero attached hydrogens (tertiary/aromatic N) is 3. The van der Waals surface area contributed by atoms with Crippen molar-refractivity contribution in [1.29, 1.82) is 0 Å². The fourth-order valence-corrected chi connectivity index (χ4v) is 6.88. The number of benzene rings is 2. The van der Waals surface area contributed by atoms with Gasteiger partial charge in [-0.2, -0.15) is 12.7 Å². The number of piperidine rings is 1. The summed E-state index contributed by atoms with van der Waals surface area (Å²) < 4.78 is 36.9. The van der Waals surface area contributed by atoms with Gasteiger partial charge in [0.2, 0.25) is 0 Å². The number of pyridine rings is 1. The summed E-state index contributed by atoms with van der Waals surface area (Å²) in [6, 6.07) is 16.7. The molecule has 1 amide bonds. The highest BCUT2D eigenvalue weighted by Gasteiger charge is 2.35. The maximum atomic E-state index is 13.3. The number of aliphatic hydroxyl groups excluding tert-OH is 1. The van der Waals surface area contributed by atoms with Gasteiger partial charge in [0.1, 0.15) is 5.75 Å². The Morgan fingerprint density at radius 1 is 1.07 bits per heavy atom. The van der Waals surface area contributed by atoms with E-state index in [1.807, 2.05) is 36.4 Å². The van der Waals surface area contributed by atoms with Crippen LogP contribution in [0.1, 0.15) is 37.2 Å². The van der Waals surface area contributed by atoms with Gasteiger partial charge in [0, 0.05) is 57.3 Å². The average molecular weight is 568 g/mol. The molecule has 0 saturated carbocycles. The molecule has 3 N–H and O–H groups in total. The zero-order chi connectivity index (χ0) is 28.1. The molecule has 0 spiro atoms. The zero-order valence-electron chi connectivity index (χ0n) is 22.7. The molecule has 11 heteroatoms. The largest absolute Gasteiger partial charge is 0.479 e. The molecule has 2 aliphatic rings. The Hall–Kier alpha value is -3.25. The first-order chi connectivity index (χ1) is 19.4. The number of hydrogen-bond acceptors (Lipinski definition) is 7. The molecule has 214 valence electrons. The van der Waals surface area contributed by atoms with E-state index < -0.39 is 16.3 Å². The number of amides is 1. The van der Waals surface area contributed by atoms with Gasteiger partial charge in [0.05, 0.1) is 17.3 Å². The van der Waals surface area contributed by atoms with Crippen molar-refractivity contribution < 1.29 is 23.1 Å². The number of likely N-dealkylation sites (N-methyl/N-ethyl adjacent to an activating group) is 1. The topological polar surface area (TPSA) is 124 Å². The Morgan fingerprint density at radius 2 is 1.85 bits per heavy atom. The third-order valence-corrected chi connectivity index (χ3v) is 9.20. The van der Waals surface area contributed by atoms with Crippen LogP contribution in [-0.4, -0.2) is 85.6 Å². The maximum absolute atomic E-state index is 13.3. The van der Waals surface area contributed by atoms with E-state index in [4.69, 9.17) is 4.74 Å². The fourth-order valence-electron chi connectivity index (χ4n) is 5.57. The second kappa shape index (κ2) is 12.5. The Morgan fingerprint density at radius 3 is 2.55 bits per heavy atom. The molecule has 1 aromatic heterocycles. The third kappa shape index (κ3) is 6.38. The van der Waals surface area contributed by atoms with Crippen molar-refractivity contribution in [2.75, 3.05) is 44.5 Å². The molecule has 3 aromatic rings. The van der Waals surface area contributed by atoms with E-state index >= 15 is 0 Å². The predicted octanol–water partition coefficient (Wildman–Crippen LogP) is 2.72. The van der Waals surface area contributed by atoms with Crippen molar-refractivity contribution in [3.05, 3.63) is 66.4 Å². The van der Waals surface area contributed by atoms with E-state index in [0.29, 0.717) is 54.9 Å². The molecular weight excluding hydrogens is 530 g/mol.